The largest absolute Gasteiger partial charge is 0.468 e. The fourth-order valence-electron chi connectivity index (χ4n) is 2.60. The van der Waals surface area contributed by atoms with Crippen molar-refractivity contribution in [3.63, 3.8) is 0 Å². The molecular weight excluding hydrogens is 236 g/mol. The quantitative estimate of drug-likeness (QED) is 0.780. The normalized spacial score (nSPS) is 19.6. The van der Waals surface area contributed by atoms with Crippen molar-refractivity contribution >= 4 is 0 Å². The Kier molecular flexibility index (Phi) is 3.94. The van der Waals surface area contributed by atoms with Crippen LogP contribution in [0.3, 0.4) is 0 Å². The van der Waals surface area contributed by atoms with E-state index in [1.807, 2.05) is 6.26 Å². The number of hydrogen-bond acceptors (Lipinski definition) is 3. The van der Waals surface area contributed by atoms with Crippen molar-refractivity contribution in [2.45, 2.75) is 64.7 Å². The molecule has 1 N–H and O–H groups in total. The van der Waals surface area contributed by atoms with E-state index in [1.165, 1.54) is 37.8 Å². The predicted molar refractivity (Wildman–Crippen MR) is 76.8 cm³/mol. The summed E-state index contributed by atoms with van der Waals surface area (Å²) in [5.74, 6) is 1.85. The molecule has 0 saturated heterocycles. The highest BCUT2D eigenvalue weighted by atomic mass is 16.3. The summed E-state index contributed by atoms with van der Waals surface area (Å²) in [6.45, 7) is 7.71. The molecule has 2 aliphatic carbocycles. The highest BCUT2D eigenvalue weighted by Crippen LogP contribution is 2.29. The zero-order valence-electron chi connectivity index (χ0n) is 12.2. The Morgan fingerprint density at radius 1 is 1.32 bits per heavy atom. The van der Waals surface area contributed by atoms with Gasteiger partial charge in [0.25, 0.3) is 0 Å². The first kappa shape index (κ1) is 13.2. The van der Waals surface area contributed by atoms with Crippen LogP contribution in [0.15, 0.2) is 16.7 Å². The maximum atomic E-state index is 5.73. The third-order valence-electron chi connectivity index (χ3n) is 3.90. The number of furan rings is 1. The highest BCUT2D eigenvalue weighted by Gasteiger charge is 2.29. The van der Waals surface area contributed by atoms with Gasteiger partial charge in [-0.25, -0.2) is 0 Å². The molecule has 1 aromatic rings. The number of rotatable bonds is 8. The molecule has 106 valence electrons. The van der Waals surface area contributed by atoms with Crippen molar-refractivity contribution in [3.8, 4) is 0 Å². The van der Waals surface area contributed by atoms with Gasteiger partial charge in [-0.15, -0.1) is 0 Å². The van der Waals surface area contributed by atoms with Gasteiger partial charge in [0, 0.05) is 30.7 Å². The minimum atomic E-state index is 0.728. The molecule has 2 saturated carbocycles. The first-order chi connectivity index (χ1) is 9.20. The van der Waals surface area contributed by atoms with Gasteiger partial charge in [0.05, 0.1) is 12.8 Å². The molecule has 2 aliphatic rings. The second-order valence-electron chi connectivity index (χ2n) is 6.63. The fraction of sp³-hybridized carbons (Fsp3) is 0.750. The van der Waals surface area contributed by atoms with Crippen molar-refractivity contribution in [2.75, 3.05) is 6.54 Å². The molecular formula is C16H26N2O. The summed E-state index contributed by atoms with van der Waals surface area (Å²) < 4.78 is 5.73. The van der Waals surface area contributed by atoms with Gasteiger partial charge in [0.1, 0.15) is 5.76 Å². The molecule has 3 rings (SSSR count). The van der Waals surface area contributed by atoms with E-state index in [-0.39, 0.29) is 0 Å². The average molecular weight is 262 g/mol. The third-order valence-corrected chi connectivity index (χ3v) is 3.90. The molecule has 2 fully saturated rings. The summed E-state index contributed by atoms with van der Waals surface area (Å²) in [7, 11) is 0. The lowest BCUT2D eigenvalue weighted by Gasteiger charge is -2.22. The van der Waals surface area contributed by atoms with E-state index >= 15 is 0 Å². The maximum Gasteiger partial charge on any atom is 0.118 e. The van der Waals surface area contributed by atoms with E-state index in [0.717, 1.165) is 36.9 Å². The molecule has 0 spiro atoms. The number of nitrogens with one attached hydrogen (secondary N) is 1. The fourth-order valence-corrected chi connectivity index (χ4v) is 2.60. The average Bonchev–Trinajstić information content (AvgIpc) is 3.26. The Hall–Kier alpha value is -0.800. The molecule has 0 bridgehead atoms. The van der Waals surface area contributed by atoms with Crippen LogP contribution in [-0.4, -0.2) is 23.5 Å². The zero-order chi connectivity index (χ0) is 13.2. The van der Waals surface area contributed by atoms with E-state index < -0.39 is 0 Å². The Labute approximate surface area is 116 Å². The number of hydrogen-bond donors (Lipinski definition) is 1. The summed E-state index contributed by atoms with van der Waals surface area (Å²) in [6, 6.07) is 3.80. The second kappa shape index (κ2) is 5.68. The Morgan fingerprint density at radius 3 is 2.74 bits per heavy atom. The standard InChI is InChI=1S/C16H26N2O/c1-12(2)9-18(15-5-6-15)10-16-7-13(11-19-16)8-17-14-3-4-14/h7,11-12,14-15,17H,3-6,8-10H2,1-2H3. The maximum absolute atomic E-state index is 5.73. The summed E-state index contributed by atoms with van der Waals surface area (Å²) >= 11 is 0. The molecule has 1 heterocycles. The molecule has 0 aliphatic heterocycles. The summed E-state index contributed by atoms with van der Waals surface area (Å²) in [5.41, 5.74) is 1.29. The first-order valence-corrected chi connectivity index (χ1v) is 7.74. The van der Waals surface area contributed by atoms with Crippen LogP contribution in [0.5, 0.6) is 0 Å². The summed E-state index contributed by atoms with van der Waals surface area (Å²) in [4.78, 5) is 2.58. The van der Waals surface area contributed by atoms with Crippen molar-refractivity contribution in [1.29, 1.82) is 0 Å². The van der Waals surface area contributed by atoms with Gasteiger partial charge < -0.3 is 9.73 Å². The van der Waals surface area contributed by atoms with Crippen LogP contribution in [0.4, 0.5) is 0 Å². The zero-order valence-corrected chi connectivity index (χ0v) is 12.2. The van der Waals surface area contributed by atoms with Crippen LogP contribution in [0.1, 0.15) is 50.9 Å². The number of nitrogens with zero attached hydrogens (tertiary/aromatic N) is 1. The van der Waals surface area contributed by atoms with Crippen LogP contribution in [-0.2, 0) is 13.1 Å². The van der Waals surface area contributed by atoms with Gasteiger partial charge >= 0.3 is 0 Å². The molecule has 19 heavy (non-hydrogen) atoms. The smallest absolute Gasteiger partial charge is 0.118 e. The van der Waals surface area contributed by atoms with Crippen LogP contribution < -0.4 is 5.32 Å². The summed E-state index contributed by atoms with van der Waals surface area (Å²) in [6.07, 6.45) is 7.33. The molecule has 0 radical (unpaired) electrons. The Morgan fingerprint density at radius 2 is 2.11 bits per heavy atom. The third kappa shape index (κ3) is 4.08. The molecule has 0 amide bonds. The molecule has 3 heteroatoms. The first-order valence-electron chi connectivity index (χ1n) is 7.74. The minimum absolute atomic E-state index is 0.728. The lowest BCUT2D eigenvalue weighted by atomic mass is 10.2. The lowest BCUT2D eigenvalue weighted by molar-refractivity contribution is 0.209. The van der Waals surface area contributed by atoms with E-state index in [9.17, 15) is 0 Å². The van der Waals surface area contributed by atoms with Crippen molar-refractivity contribution in [1.82, 2.24) is 10.2 Å². The molecule has 0 aromatic carbocycles. The van der Waals surface area contributed by atoms with Crippen molar-refractivity contribution in [3.05, 3.63) is 23.7 Å². The van der Waals surface area contributed by atoms with Gasteiger partial charge in [-0.3, -0.25) is 4.90 Å². The van der Waals surface area contributed by atoms with Crippen LogP contribution in [0.2, 0.25) is 0 Å². The lowest BCUT2D eigenvalue weighted by Crippen LogP contribution is -2.29. The topological polar surface area (TPSA) is 28.4 Å². The van der Waals surface area contributed by atoms with E-state index in [1.54, 1.807) is 0 Å². The van der Waals surface area contributed by atoms with Gasteiger partial charge in [0.2, 0.25) is 0 Å². The van der Waals surface area contributed by atoms with Gasteiger partial charge in [0.15, 0.2) is 0 Å². The van der Waals surface area contributed by atoms with Crippen LogP contribution >= 0.6 is 0 Å². The molecule has 1 aromatic heterocycles. The van der Waals surface area contributed by atoms with E-state index in [4.69, 9.17) is 4.42 Å². The van der Waals surface area contributed by atoms with Gasteiger partial charge in [-0.05, 0) is 37.7 Å². The van der Waals surface area contributed by atoms with E-state index in [0.29, 0.717) is 0 Å². The van der Waals surface area contributed by atoms with Crippen molar-refractivity contribution in [2.24, 2.45) is 5.92 Å². The highest BCUT2D eigenvalue weighted by molar-refractivity contribution is 5.13. The molecule has 0 atom stereocenters. The van der Waals surface area contributed by atoms with E-state index in [2.05, 4.69) is 30.1 Å². The van der Waals surface area contributed by atoms with Crippen LogP contribution in [0.25, 0.3) is 0 Å². The monoisotopic (exact) mass is 262 g/mol. The van der Waals surface area contributed by atoms with Crippen molar-refractivity contribution < 1.29 is 4.42 Å². The van der Waals surface area contributed by atoms with Gasteiger partial charge in [-0.2, -0.15) is 0 Å². The predicted octanol–water partition coefficient (Wildman–Crippen LogP) is 3.15. The van der Waals surface area contributed by atoms with Gasteiger partial charge in [-0.1, -0.05) is 13.8 Å². The SMILES string of the molecule is CC(C)CN(Cc1cc(CNC2CC2)co1)C1CC1. The second-order valence-corrected chi connectivity index (χ2v) is 6.63. The Bertz CT molecular complexity index is 405. The minimum Gasteiger partial charge on any atom is -0.468 e. The van der Waals surface area contributed by atoms with Crippen LogP contribution in [0, 0.1) is 5.92 Å². The molecule has 3 nitrogen and oxygen atoms in total. The summed E-state index contributed by atoms with van der Waals surface area (Å²) in [5, 5.41) is 3.53. The molecule has 0 unspecified atom stereocenters. The Balaban J connectivity index is 1.52.